The molecule has 12 bridgehead atoms. The van der Waals surface area contributed by atoms with Crippen LogP contribution in [0.15, 0.2) is 485 Å². The van der Waals surface area contributed by atoms with Crippen LogP contribution in [0.3, 0.4) is 0 Å². The summed E-state index contributed by atoms with van der Waals surface area (Å²) in [4.78, 5) is 62.4. The Bertz CT molecular complexity index is 6050. The molecule has 0 aliphatic carbocycles. The molecular formula is C96H84O28Si17. The number of hydrogen-bond donors (Lipinski definition) is 4. The molecule has 141 heavy (non-hydrogen) atoms. The summed E-state index contributed by atoms with van der Waals surface area (Å²) < 4.78 is 211. The number of benzene rings is 16. The molecule has 1 spiro atoms. The highest BCUT2D eigenvalue weighted by atomic mass is 28.6. The molecule has 8 aliphatic rings. The minimum atomic E-state index is -7.27. The third-order valence-electron chi connectivity index (χ3n) is 24.5. The summed E-state index contributed by atoms with van der Waals surface area (Å²) >= 11 is 0. The molecule has 0 saturated carbocycles. The molecule has 45 heteroatoms. The predicted octanol–water partition coefficient (Wildman–Crippen LogP) is 3.44. The Morgan fingerprint density at radius 3 is 0.262 bits per heavy atom. The quantitative estimate of drug-likeness (QED) is 0.101. The smallest absolute Gasteiger partial charge is 0.387 e. The lowest BCUT2D eigenvalue weighted by atomic mass is 10.4. The van der Waals surface area contributed by atoms with Crippen LogP contribution in [0.5, 0.6) is 0 Å². The van der Waals surface area contributed by atoms with Gasteiger partial charge >= 0.3 is 150 Å². The molecular weight excluding hydrogens is 2080 g/mol. The number of hydrogen-bond acceptors (Lipinski definition) is 28. The minimum absolute atomic E-state index is 0.0152. The van der Waals surface area contributed by atoms with Crippen LogP contribution in [-0.2, 0) is 98.8 Å². The number of fused-ring (bicyclic) bond motifs is 8. The van der Waals surface area contributed by atoms with Crippen molar-refractivity contribution < 1.29 is 118 Å². The zero-order valence-corrected chi connectivity index (χ0v) is 91.3. The van der Waals surface area contributed by atoms with Crippen LogP contribution in [0.25, 0.3) is 0 Å². The zero-order chi connectivity index (χ0) is 95.3. The maximum absolute atomic E-state index is 15.6. The topological polar surface area (TPSA) is 302 Å². The van der Waals surface area contributed by atoms with Gasteiger partial charge in [0.25, 0.3) is 0 Å². The largest absolute Gasteiger partial charge is 0.650 e. The van der Waals surface area contributed by atoms with Gasteiger partial charge in [-0.15, -0.1) is 0 Å². The van der Waals surface area contributed by atoms with Crippen LogP contribution < -0.4 is 83.0 Å². The first kappa shape index (κ1) is 93.4. The molecule has 28 nitrogen and oxygen atoms in total. The lowest BCUT2D eigenvalue weighted by molar-refractivity contribution is -0.0134. The van der Waals surface area contributed by atoms with Crippen LogP contribution in [0.1, 0.15) is 0 Å². The molecule has 8 atom stereocenters. The van der Waals surface area contributed by atoms with Crippen LogP contribution in [-0.4, -0.2) is 169 Å². The van der Waals surface area contributed by atoms with Crippen molar-refractivity contribution in [3.05, 3.63) is 485 Å². The van der Waals surface area contributed by atoms with Gasteiger partial charge in [0.1, 0.15) is 0 Å². The Morgan fingerprint density at radius 2 is 0.170 bits per heavy atom. The van der Waals surface area contributed by atoms with Crippen molar-refractivity contribution in [2.75, 3.05) is 0 Å². The molecule has 8 aliphatic heterocycles. The highest BCUT2D eigenvalue weighted by Gasteiger charge is 2.89. The van der Waals surface area contributed by atoms with E-state index in [1.807, 2.05) is 0 Å². The molecule has 16 aromatic carbocycles. The van der Waals surface area contributed by atoms with Crippen molar-refractivity contribution in [2.24, 2.45) is 0 Å². The summed E-state index contributed by atoms with van der Waals surface area (Å²) in [7, 11) is -106. The lowest BCUT2D eigenvalue weighted by Gasteiger charge is -2.60. The van der Waals surface area contributed by atoms with Crippen molar-refractivity contribution in [3.8, 4) is 0 Å². The number of rotatable bonds is 16. The van der Waals surface area contributed by atoms with E-state index >= 15 is 19.2 Å². The van der Waals surface area contributed by atoms with Crippen molar-refractivity contribution in [1.29, 1.82) is 0 Å². The summed E-state index contributed by atoms with van der Waals surface area (Å²) in [6.07, 6.45) is 0. The van der Waals surface area contributed by atoms with E-state index in [9.17, 15) is 16.5 Å². The highest BCUT2D eigenvalue weighted by molar-refractivity contribution is 7.15. The average molecular weight is 2160 g/mol. The monoisotopic (exact) mass is 2160 g/mol. The molecule has 0 amide bonds. The minimum Gasteiger partial charge on any atom is -0.387 e. The van der Waals surface area contributed by atoms with Gasteiger partial charge in [-0.1, -0.05) is 485 Å². The van der Waals surface area contributed by atoms with E-state index in [4.69, 9.17) is 82.3 Å². The van der Waals surface area contributed by atoms with Gasteiger partial charge in [-0.25, -0.2) is 0 Å². The zero-order valence-electron chi connectivity index (χ0n) is 74.3. The van der Waals surface area contributed by atoms with Crippen molar-refractivity contribution in [2.45, 2.75) is 0 Å². The van der Waals surface area contributed by atoms with Gasteiger partial charge in [0, 0.05) is 83.0 Å². The van der Waals surface area contributed by atoms with Gasteiger partial charge < -0.3 is 118 Å². The fraction of sp³-hybridized carbons (Fsp3) is 0. The van der Waals surface area contributed by atoms with E-state index in [-0.39, 0.29) is 83.0 Å². The maximum Gasteiger partial charge on any atom is 0.650 e. The molecule has 24 rings (SSSR count). The van der Waals surface area contributed by atoms with E-state index in [1.54, 1.807) is 485 Å². The molecule has 0 radical (unpaired) electrons. The SMILES string of the molecule is O[Si]1(c2ccccc2)O[Si]2(c3ccccc3)O[Si]3(c4ccccc4)O[Si]4(O[Si]5(c6ccccc6)O[Si](c6ccccc6)(O[Si](O)(c6ccccc6)O[Si](c6ccccc6)(O5)O[Si](c5ccccc5)(O1)O3)O2)O[Si]1(c2ccccc2)O[Si]2(c3ccccc3)O[Si](O)(c3ccccc3)O[Si](c3ccccc3)(O1)O[Si]1(c3ccccc3)O[Si](O)(c3ccccc3)O[Si](c3ccccc3)(O[Si](c3ccccc3)(O4)O1)O2. The summed E-state index contributed by atoms with van der Waals surface area (Å²) in [6.45, 7) is 0. The molecule has 4 N–H and O–H groups in total. The summed E-state index contributed by atoms with van der Waals surface area (Å²) in [5.41, 5.74) is 0. The Hall–Kier alpha value is -9.91. The predicted molar refractivity (Wildman–Crippen MR) is 550 cm³/mol. The molecule has 16 aromatic rings. The van der Waals surface area contributed by atoms with Crippen LogP contribution in [0.4, 0.5) is 0 Å². The second-order valence-electron chi connectivity index (χ2n) is 33.8. The highest BCUT2D eigenvalue weighted by Crippen LogP contribution is 2.51. The third-order valence-corrected chi connectivity index (χ3v) is 92.8. The van der Waals surface area contributed by atoms with E-state index in [0.29, 0.717) is 0 Å². The van der Waals surface area contributed by atoms with Gasteiger partial charge in [0.05, 0.1) is 0 Å². The first-order valence-electron chi connectivity index (χ1n) is 45.3. The Labute approximate surface area is 829 Å². The van der Waals surface area contributed by atoms with E-state index < -0.39 is 150 Å². The van der Waals surface area contributed by atoms with E-state index in [2.05, 4.69) is 0 Å². The fourth-order valence-corrected chi connectivity index (χ4v) is 107. The average Bonchev–Trinajstić information content (AvgIpc) is 0.673. The Balaban J connectivity index is 0.963. The van der Waals surface area contributed by atoms with Crippen molar-refractivity contribution in [3.63, 3.8) is 0 Å². The lowest BCUT2D eigenvalue weighted by Crippen LogP contribution is -2.94. The standard InChI is InChI=1S/C96H84O28Si17/c97-125(81-49-17-1-18-50-81)101-129(85-57-25-5-26-58-85)109-131(87-61-29-7-30-62-87)103-126(98,82-51-19-2-20-52-82)104-132(88-63-31-8-32-64-88)110-130(102-125,86-59-27-6-28-60-86)114-137(113-129,93-73-41-13-42-74-93)121-141(122-138(115-131,116-132)94-75-43-14-44-76-94)123-139(95-77-45-15-46-78-95)117-133(89-65-33-9-34-66-89)105-127(99,83-53-21-3-22-54-83)106-134(118-139,90-67-35-10-36-68-90)112-136(92-71-39-12-40-72-92)108-128(100,84-55-23-4-24-56-84)107-135(111-133,91-69-37-11-38-70-91)119-140(120-136,124-141)96-79-47-16-48-80-96/h1-80,97-100H. The fourth-order valence-electron chi connectivity index (χ4n) is 18.1. The van der Waals surface area contributed by atoms with E-state index in [0.717, 1.165) is 0 Å². The van der Waals surface area contributed by atoms with Gasteiger partial charge in [0.2, 0.25) is 0 Å². The maximum atomic E-state index is 15.6. The van der Waals surface area contributed by atoms with Gasteiger partial charge in [-0.2, -0.15) is 0 Å². The first-order chi connectivity index (χ1) is 68.7. The first-order valence-corrected chi connectivity index (χ1v) is 74.6. The van der Waals surface area contributed by atoms with Gasteiger partial charge in [0.15, 0.2) is 0 Å². The van der Waals surface area contributed by atoms with Crippen molar-refractivity contribution >= 4 is 233 Å². The van der Waals surface area contributed by atoms with Gasteiger partial charge in [-0.05, 0) is 0 Å². The van der Waals surface area contributed by atoms with Crippen LogP contribution in [0, 0.1) is 0 Å². The molecule has 704 valence electrons. The van der Waals surface area contributed by atoms with Crippen LogP contribution in [0.2, 0.25) is 0 Å². The molecule has 8 fully saturated rings. The van der Waals surface area contributed by atoms with Crippen molar-refractivity contribution in [1.82, 2.24) is 0 Å². The molecule has 8 heterocycles. The Morgan fingerprint density at radius 1 is 0.0922 bits per heavy atom. The normalized spacial score (nSPS) is 33.9. The summed E-state index contributed by atoms with van der Waals surface area (Å²) in [5.74, 6) is 0. The molecule has 0 aromatic heterocycles. The van der Waals surface area contributed by atoms with E-state index in [1.165, 1.54) is 0 Å². The van der Waals surface area contributed by atoms with Crippen LogP contribution >= 0.6 is 0 Å². The second-order valence-corrected chi connectivity index (χ2v) is 81.6. The second kappa shape index (κ2) is 36.4. The Kier molecular flexibility index (Phi) is 24.1. The third kappa shape index (κ3) is 16.6. The summed E-state index contributed by atoms with van der Waals surface area (Å²) in [5, 5.41) is 0.816. The molecule has 8 unspecified atom stereocenters. The van der Waals surface area contributed by atoms with Gasteiger partial charge in [-0.3, -0.25) is 0 Å². The molecule has 8 saturated heterocycles. The summed E-state index contributed by atoms with van der Waals surface area (Å²) in [6, 6.07) is 138.